The van der Waals surface area contributed by atoms with E-state index in [2.05, 4.69) is 58.8 Å². The molecule has 0 fully saturated rings. The molecule has 136 valence electrons. The lowest BCUT2D eigenvalue weighted by atomic mass is 10.1. The Kier molecular flexibility index (Phi) is 3.98. The number of nitrogens with one attached hydrogen (secondary N) is 1. The zero-order chi connectivity index (χ0) is 18.9. The average molecular weight is 365 g/mol. The summed E-state index contributed by atoms with van der Waals surface area (Å²) in [6, 6.07) is 26.6. The van der Waals surface area contributed by atoms with E-state index in [0.29, 0.717) is 6.54 Å². The second kappa shape index (κ2) is 6.78. The molecule has 0 radical (unpaired) electrons. The predicted molar refractivity (Wildman–Crippen MR) is 112 cm³/mol. The zero-order valence-corrected chi connectivity index (χ0v) is 15.5. The quantitative estimate of drug-likeness (QED) is 0.494. The lowest BCUT2D eigenvalue weighted by molar-refractivity contribution is 1.03. The van der Waals surface area contributed by atoms with Gasteiger partial charge < -0.3 is 5.32 Å². The van der Waals surface area contributed by atoms with E-state index in [1.54, 1.807) is 0 Å². The second-order valence-electron chi connectivity index (χ2n) is 6.84. The van der Waals surface area contributed by atoms with Crippen molar-refractivity contribution in [1.29, 1.82) is 0 Å². The number of anilines is 1. The topological polar surface area (TPSA) is 55.1 Å². The largest absolute Gasteiger partial charge is 0.351 e. The van der Waals surface area contributed by atoms with Gasteiger partial charge in [-0.05, 0) is 24.6 Å². The normalized spacial score (nSPS) is 11.2. The third-order valence-electron chi connectivity index (χ3n) is 4.85. The molecule has 0 amide bonds. The SMILES string of the molecule is Cc1ccc(-c2nnc3c4ccccc4nc(NCc4ccccc4)n23)cc1. The lowest BCUT2D eigenvalue weighted by Crippen LogP contribution is -2.08. The maximum absolute atomic E-state index is 4.87. The summed E-state index contributed by atoms with van der Waals surface area (Å²) in [5.74, 6) is 1.52. The fourth-order valence-corrected chi connectivity index (χ4v) is 3.37. The first-order chi connectivity index (χ1) is 13.8. The molecule has 0 aliphatic heterocycles. The summed E-state index contributed by atoms with van der Waals surface area (Å²) in [6.07, 6.45) is 0. The third kappa shape index (κ3) is 2.87. The number of hydrogen-bond donors (Lipinski definition) is 1. The highest BCUT2D eigenvalue weighted by molar-refractivity contribution is 5.93. The number of fused-ring (bicyclic) bond motifs is 3. The van der Waals surface area contributed by atoms with Gasteiger partial charge in [-0.3, -0.25) is 0 Å². The van der Waals surface area contributed by atoms with Gasteiger partial charge in [-0.25, -0.2) is 9.38 Å². The number of aromatic nitrogens is 4. The van der Waals surface area contributed by atoms with Crippen LogP contribution in [0.3, 0.4) is 0 Å². The van der Waals surface area contributed by atoms with Crippen LogP contribution in [0.2, 0.25) is 0 Å². The van der Waals surface area contributed by atoms with Crippen molar-refractivity contribution in [2.75, 3.05) is 5.32 Å². The number of benzene rings is 3. The van der Waals surface area contributed by atoms with Crippen LogP contribution in [0.25, 0.3) is 27.9 Å². The maximum atomic E-state index is 4.87. The van der Waals surface area contributed by atoms with Gasteiger partial charge in [0.15, 0.2) is 11.5 Å². The van der Waals surface area contributed by atoms with E-state index < -0.39 is 0 Å². The zero-order valence-electron chi connectivity index (χ0n) is 15.5. The van der Waals surface area contributed by atoms with Crippen molar-refractivity contribution in [3.05, 3.63) is 90.0 Å². The van der Waals surface area contributed by atoms with Crippen LogP contribution in [0.4, 0.5) is 5.95 Å². The van der Waals surface area contributed by atoms with Gasteiger partial charge in [0, 0.05) is 17.5 Å². The molecule has 5 rings (SSSR count). The van der Waals surface area contributed by atoms with E-state index in [4.69, 9.17) is 4.98 Å². The summed E-state index contributed by atoms with van der Waals surface area (Å²) in [7, 11) is 0. The Morgan fingerprint density at radius 3 is 2.39 bits per heavy atom. The minimum absolute atomic E-state index is 0.673. The Bertz CT molecular complexity index is 1260. The van der Waals surface area contributed by atoms with Crippen LogP contribution in [0, 0.1) is 6.92 Å². The highest BCUT2D eigenvalue weighted by Crippen LogP contribution is 2.27. The van der Waals surface area contributed by atoms with Gasteiger partial charge in [-0.1, -0.05) is 72.3 Å². The van der Waals surface area contributed by atoms with Gasteiger partial charge in [0.25, 0.3) is 0 Å². The second-order valence-corrected chi connectivity index (χ2v) is 6.84. The van der Waals surface area contributed by atoms with Crippen LogP contribution in [0.1, 0.15) is 11.1 Å². The molecule has 0 atom stereocenters. The fourth-order valence-electron chi connectivity index (χ4n) is 3.37. The number of aryl methyl sites for hydroxylation is 1. The van der Waals surface area contributed by atoms with Crippen LogP contribution in [0.15, 0.2) is 78.9 Å². The molecule has 5 nitrogen and oxygen atoms in total. The standard InChI is InChI=1S/C23H19N5/c1-16-11-13-18(14-12-16)21-26-27-22-19-9-5-6-10-20(19)25-23(28(21)22)24-15-17-7-3-2-4-8-17/h2-14H,15H2,1H3,(H,24,25). The predicted octanol–water partition coefficient (Wildman–Crippen LogP) is 4.87. The first-order valence-corrected chi connectivity index (χ1v) is 9.28. The van der Waals surface area contributed by atoms with E-state index in [9.17, 15) is 0 Å². The van der Waals surface area contributed by atoms with Crippen LogP contribution >= 0.6 is 0 Å². The first kappa shape index (κ1) is 16.4. The summed E-state index contributed by atoms with van der Waals surface area (Å²) in [5.41, 5.74) is 5.11. The summed E-state index contributed by atoms with van der Waals surface area (Å²) in [5, 5.41) is 13.4. The highest BCUT2D eigenvalue weighted by atomic mass is 15.3. The average Bonchev–Trinajstić information content (AvgIpc) is 3.19. The molecule has 2 heterocycles. The van der Waals surface area contributed by atoms with Gasteiger partial charge in [-0.15, -0.1) is 10.2 Å². The molecule has 5 aromatic rings. The van der Waals surface area contributed by atoms with Crippen LogP contribution in [-0.2, 0) is 6.54 Å². The summed E-state index contributed by atoms with van der Waals surface area (Å²) in [6.45, 7) is 2.75. The lowest BCUT2D eigenvalue weighted by Gasteiger charge is -2.11. The van der Waals surface area contributed by atoms with Crippen molar-refractivity contribution >= 4 is 22.5 Å². The van der Waals surface area contributed by atoms with Gasteiger partial charge in [0.2, 0.25) is 5.95 Å². The molecule has 0 aliphatic carbocycles. The van der Waals surface area contributed by atoms with Crippen molar-refractivity contribution in [2.45, 2.75) is 13.5 Å². The van der Waals surface area contributed by atoms with Gasteiger partial charge in [0.05, 0.1) is 5.52 Å². The number of para-hydroxylation sites is 1. The molecule has 2 aromatic heterocycles. The third-order valence-corrected chi connectivity index (χ3v) is 4.85. The number of hydrogen-bond acceptors (Lipinski definition) is 4. The molecule has 0 spiro atoms. The van der Waals surface area contributed by atoms with E-state index in [1.165, 1.54) is 11.1 Å². The van der Waals surface area contributed by atoms with Crippen molar-refractivity contribution in [3.8, 4) is 11.4 Å². The van der Waals surface area contributed by atoms with E-state index in [1.807, 2.05) is 46.9 Å². The number of rotatable bonds is 4. The van der Waals surface area contributed by atoms with Crippen LogP contribution in [-0.4, -0.2) is 19.6 Å². The van der Waals surface area contributed by atoms with Crippen LogP contribution in [0.5, 0.6) is 0 Å². The Balaban J connectivity index is 1.69. The summed E-state index contributed by atoms with van der Waals surface area (Å²) < 4.78 is 2.01. The van der Waals surface area contributed by atoms with Crippen molar-refractivity contribution in [2.24, 2.45) is 0 Å². The monoisotopic (exact) mass is 365 g/mol. The molecule has 1 N–H and O–H groups in total. The van der Waals surface area contributed by atoms with E-state index in [0.717, 1.165) is 33.9 Å². The molecule has 0 aliphatic rings. The van der Waals surface area contributed by atoms with Gasteiger partial charge in [0.1, 0.15) is 0 Å². The Morgan fingerprint density at radius 1 is 0.821 bits per heavy atom. The molecule has 3 aromatic carbocycles. The molecule has 28 heavy (non-hydrogen) atoms. The molecule has 0 unspecified atom stereocenters. The maximum Gasteiger partial charge on any atom is 0.211 e. The minimum atomic E-state index is 0.673. The Labute approximate surface area is 162 Å². The van der Waals surface area contributed by atoms with Crippen molar-refractivity contribution < 1.29 is 0 Å². The molecular weight excluding hydrogens is 346 g/mol. The Hall–Kier alpha value is -3.73. The van der Waals surface area contributed by atoms with E-state index >= 15 is 0 Å². The number of nitrogens with zero attached hydrogens (tertiary/aromatic N) is 4. The molecule has 0 saturated heterocycles. The van der Waals surface area contributed by atoms with Crippen molar-refractivity contribution in [3.63, 3.8) is 0 Å². The smallest absolute Gasteiger partial charge is 0.211 e. The minimum Gasteiger partial charge on any atom is -0.351 e. The summed E-state index contributed by atoms with van der Waals surface area (Å²) >= 11 is 0. The van der Waals surface area contributed by atoms with Crippen molar-refractivity contribution in [1.82, 2.24) is 19.6 Å². The van der Waals surface area contributed by atoms with Gasteiger partial charge in [-0.2, -0.15) is 0 Å². The first-order valence-electron chi connectivity index (χ1n) is 9.28. The fraction of sp³-hybridized carbons (Fsp3) is 0.0870. The molecule has 0 saturated carbocycles. The van der Waals surface area contributed by atoms with Gasteiger partial charge >= 0.3 is 0 Å². The van der Waals surface area contributed by atoms with E-state index in [-0.39, 0.29) is 0 Å². The molecule has 5 heteroatoms. The molecular formula is C23H19N5. The molecule has 0 bridgehead atoms. The Morgan fingerprint density at radius 2 is 1.57 bits per heavy atom. The summed E-state index contributed by atoms with van der Waals surface area (Å²) in [4.78, 5) is 4.87. The highest BCUT2D eigenvalue weighted by Gasteiger charge is 2.16. The van der Waals surface area contributed by atoms with Crippen LogP contribution < -0.4 is 5.32 Å².